The topological polar surface area (TPSA) is 78.5 Å². The second kappa shape index (κ2) is 4.32. The van der Waals surface area contributed by atoms with Crippen LogP contribution in [0.2, 0.25) is 0 Å². The number of nitrogens with zero attached hydrogens (tertiary/aromatic N) is 3. The van der Waals surface area contributed by atoms with Crippen molar-refractivity contribution in [1.29, 1.82) is 0 Å². The number of ether oxygens (including phenoxy) is 1. The van der Waals surface area contributed by atoms with Crippen molar-refractivity contribution in [1.82, 2.24) is 19.8 Å². The SMILES string of the molecule is O=C(c1ccc2nc[nH]c2c1)N1CC[C@@]23OCCN2C(=O)C[C@@H]13. The third-order valence-electron chi connectivity index (χ3n) is 5.33. The summed E-state index contributed by atoms with van der Waals surface area (Å²) in [7, 11) is 0. The summed E-state index contributed by atoms with van der Waals surface area (Å²) in [5, 5.41) is 0. The Balaban J connectivity index is 1.50. The first-order valence-electron chi connectivity index (χ1n) is 7.88. The van der Waals surface area contributed by atoms with Crippen molar-refractivity contribution in [2.45, 2.75) is 24.6 Å². The van der Waals surface area contributed by atoms with E-state index in [1.54, 1.807) is 17.3 Å². The predicted molar refractivity (Wildman–Crippen MR) is 80.5 cm³/mol. The van der Waals surface area contributed by atoms with Gasteiger partial charge in [0.2, 0.25) is 5.91 Å². The standard InChI is InChI=1S/C16H16N4O3/c21-14-8-13-16(20(14)5-6-23-16)3-4-19(13)15(22)10-1-2-11-12(7-10)18-9-17-11/h1-2,7,9,13H,3-6,8H2,(H,17,18)/t13-,16+/m1/s1. The molecule has 2 atom stereocenters. The maximum atomic E-state index is 13.0. The Labute approximate surface area is 132 Å². The molecule has 7 heteroatoms. The molecule has 3 saturated heterocycles. The van der Waals surface area contributed by atoms with E-state index in [0.29, 0.717) is 38.1 Å². The zero-order chi connectivity index (χ0) is 15.6. The Morgan fingerprint density at radius 2 is 2.30 bits per heavy atom. The highest BCUT2D eigenvalue weighted by Crippen LogP contribution is 2.45. The molecule has 4 heterocycles. The Kier molecular flexibility index (Phi) is 2.45. The van der Waals surface area contributed by atoms with E-state index in [4.69, 9.17) is 4.74 Å². The summed E-state index contributed by atoms with van der Waals surface area (Å²) in [6.45, 7) is 1.82. The van der Waals surface area contributed by atoms with Crippen LogP contribution in [0.5, 0.6) is 0 Å². The van der Waals surface area contributed by atoms with Gasteiger partial charge in [-0.3, -0.25) is 9.59 Å². The fraction of sp³-hybridized carbons (Fsp3) is 0.438. The van der Waals surface area contributed by atoms with E-state index in [2.05, 4.69) is 9.97 Å². The number of fused-ring (bicyclic) bond motifs is 1. The molecule has 2 aromatic rings. The lowest BCUT2D eigenvalue weighted by atomic mass is 10.1. The number of likely N-dealkylation sites (tertiary alicyclic amines) is 1. The summed E-state index contributed by atoms with van der Waals surface area (Å²) in [5.41, 5.74) is 1.71. The first-order chi connectivity index (χ1) is 11.2. The van der Waals surface area contributed by atoms with E-state index in [9.17, 15) is 9.59 Å². The summed E-state index contributed by atoms with van der Waals surface area (Å²) in [6, 6.07) is 5.27. The minimum atomic E-state index is -0.579. The molecule has 1 aromatic heterocycles. The number of amides is 2. The van der Waals surface area contributed by atoms with Crippen LogP contribution in [0.1, 0.15) is 23.2 Å². The fourth-order valence-electron chi connectivity index (χ4n) is 4.27. The number of H-pyrrole nitrogens is 1. The van der Waals surface area contributed by atoms with Crippen molar-refractivity contribution in [3.05, 3.63) is 30.1 Å². The highest BCUT2D eigenvalue weighted by molar-refractivity contribution is 5.98. The zero-order valence-corrected chi connectivity index (χ0v) is 12.5. The van der Waals surface area contributed by atoms with Crippen LogP contribution in [-0.2, 0) is 9.53 Å². The number of hydrogen-bond donors (Lipinski definition) is 1. The van der Waals surface area contributed by atoms with E-state index in [1.807, 2.05) is 17.0 Å². The number of hydrogen-bond acceptors (Lipinski definition) is 4. The normalized spacial score (nSPS) is 29.4. The minimum absolute atomic E-state index is 0.0477. The van der Waals surface area contributed by atoms with Crippen molar-refractivity contribution in [3.63, 3.8) is 0 Å². The molecule has 1 N–H and O–H groups in total. The lowest BCUT2D eigenvalue weighted by Gasteiger charge is -2.31. The van der Waals surface area contributed by atoms with Gasteiger partial charge in [0.05, 0.1) is 36.4 Å². The van der Waals surface area contributed by atoms with E-state index in [-0.39, 0.29) is 17.9 Å². The van der Waals surface area contributed by atoms with Crippen LogP contribution >= 0.6 is 0 Å². The molecule has 2 amide bonds. The maximum Gasteiger partial charge on any atom is 0.254 e. The number of aromatic amines is 1. The van der Waals surface area contributed by atoms with Gasteiger partial charge < -0.3 is 19.5 Å². The monoisotopic (exact) mass is 312 g/mol. The third kappa shape index (κ3) is 1.60. The van der Waals surface area contributed by atoms with Crippen molar-refractivity contribution in [2.75, 3.05) is 19.7 Å². The highest BCUT2D eigenvalue weighted by atomic mass is 16.5. The molecule has 5 rings (SSSR count). The number of aromatic nitrogens is 2. The summed E-state index contributed by atoms with van der Waals surface area (Å²) in [5.74, 6) is 0.0440. The van der Waals surface area contributed by atoms with E-state index >= 15 is 0 Å². The Morgan fingerprint density at radius 3 is 3.22 bits per heavy atom. The average Bonchev–Trinajstić information content (AvgIpc) is 3.28. The smallest absolute Gasteiger partial charge is 0.254 e. The molecule has 0 bridgehead atoms. The van der Waals surface area contributed by atoms with Crippen LogP contribution in [-0.4, -0.2) is 63.0 Å². The molecule has 0 aliphatic carbocycles. The van der Waals surface area contributed by atoms with Crippen LogP contribution in [0.4, 0.5) is 0 Å². The second-order valence-corrected chi connectivity index (χ2v) is 6.34. The van der Waals surface area contributed by atoms with Gasteiger partial charge in [-0.2, -0.15) is 0 Å². The van der Waals surface area contributed by atoms with Crippen molar-refractivity contribution in [2.24, 2.45) is 0 Å². The summed E-state index contributed by atoms with van der Waals surface area (Å²) >= 11 is 0. The zero-order valence-electron chi connectivity index (χ0n) is 12.5. The molecule has 3 aliphatic rings. The largest absolute Gasteiger partial charge is 0.351 e. The first-order valence-corrected chi connectivity index (χ1v) is 7.88. The first kappa shape index (κ1) is 13.1. The van der Waals surface area contributed by atoms with Gasteiger partial charge in [-0.15, -0.1) is 0 Å². The second-order valence-electron chi connectivity index (χ2n) is 6.34. The van der Waals surface area contributed by atoms with Gasteiger partial charge >= 0.3 is 0 Å². The molecular formula is C16H16N4O3. The number of benzene rings is 1. The molecule has 3 aliphatic heterocycles. The molecule has 0 unspecified atom stereocenters. The molecule has 7 nitrogen and oxygen atoms in total. The number of nitrogens with one attached hydrogen (secondary N) is 1. The summed E-state index contributed by atoms with van der Waals surface area (Å²) in [4.78, 5) is 36.0. The van der Waals surface area contributed by atoms with Crippen LogP contribution in [0, 0.1) is 0 Å². The van der Waals surface area contributed by atoms with E-state index < -0.39 is 5.72 Å². The van der Waals surface area contributed by atoms with Crippen LogP contribution < -0.4 is 0 Å². The van der Waals surface area contributed by atoms with Crippen LogP contribution in [0.3, 0.4) is 0 Å². The van der Waals surface area contributed by atoms with E-state index in [1.165, 1.54) is 0 Å². The predicted octanol–water partition coefficient (Wildman–Crippen LogP) is 0.736. The Bertz CT molecular complexity index is 832. The van der Waals surface area contributed by atoms with Gasteiger partial charge in [0, 0.05) is 25.1 Å². The number of carbonyl (C=O) groups is 2. The number of carbonyl (C=O) groups excluding carboxylic acids is 2. The van der Waals surface area contributed by atoms with Gasteiger partial charge in [-0.1, -0.05) is 0 Å². The molecule has 3 fully saturated rings. The molecule has 0 saturated carbocycles. The molecule has 1 aromatic carbocycles. The van der Waals surface area contributed by atoms with Gasteiger partial charge in [0.1, 0.15) is 0 Å². The lowest BCUT2D eigenvalue weighted by molar-refractivity contribution is -0.136. The molecule has 0 radical (unpaired) electrons. The van der Waals surface area contributed by atoms with Gasteiger partial charge in [0.15, 0.2) is 5.72 Å². The average molecular weight is 312 g/mol. The lowest BCUT2D eigenvalue weighted by Crippen LogP contribution is -2.48. The third-order valence-corrected chi connectivity index (χ3v) is 5.33. The fourth-order valence-corrected chi connectivity index (χ4v) is 4.27. The Morgan fingerprint density at radius 1 is 1.39 bits per heavy atom. The quantitative estimate of drug-likeness (QED) is 0.842. The Hall–Kier alpha value is -2.41. The number of rotatable bonds is 1. The van der Waals surface area contributed by atoms with Gasteiger partial charge in [-0.25, -0.2) is 4.98 Å². The molecule has 118 valence electrons. The van der Waals surface area contributed by atoms with Crippen molar-refractivity contribution in [3.8, 4) is 0 Å². The molecular weight excluding hydrogens is 296 g/mol. The maximum absolute atomic E-state index is 13.0. The van der Waals surface area contributed by atoms with Crippen molar-refractivity contribution >= 4 is 22.8 Å². The highest BCUT2D eigenvalue weighted by Gasteiger charge is 2.62. The summed E-state index contributed by atoms with van der Waals surface area (Å²) < 4.78 is 5.93. The van der Waals surface area contributed by atoms with Crippen molar-refractivity contribution < 1.29 is 14.3 Å². The molecule has 23 heavy (non-hydrogen) atoms. The van der Waals surface area contributed by atoms with E-state index in [0.717, 1.165) is 11.0 Å². The molecule has 1 spiro atoms. The summed E-state index contributed by atoms with van der Waals surface area (Å²) in [6.07, 6.45) is 2.67. The minimum Gasteiger partial charge on any atom is -0.351 e. The van der Waals surface area contributed by atoms with Gasteiger partial charge in [-0.05, 0) is 18.2 Å². The van der Waals surface area contributed by atoms with Crippen LogP contribution in [0.15, 0.2) is 24.5 Å². The number of imidazole rings is 1. The van der Waals surface area contributed by atoms with Gasteiger partial charge in [0.25, 0.3) is 5.91 Å². The van der Waals surface area contributed by atoms with Crippen LogP contribution in [0.25, 0.3) is 11.0 Å².